The third-order valence-electron chi connectivity index (χ3n) is 3.41. The van der Waals surface area contributed by atoms with Gasteiger partial charge in [0.05, 0.1) is 24.5 Å². The molecule has 0 bridgehead atoms. The average Bonchev–Trinajstić information content (AvgIpc) is 2.54. The molecule has 2 rings (SSSR count). The summed E-state index contributed by atoms with van der Waals surface area (Å²) in [5.41, 5.74) is 3.37. The number of pyridine rings is 2. The Bertz CT molecular complexity index is 571. The second kappa shape index (κ2) is 7.74. The van der Waals surface area contributed by atoms with Crippen LogP contribution >= 0.6 is 0 Å². The number of nitrogens with zero attached hydrogens (tertiary/aromatic N) is 2. The largest absolute Gasteiger partial charge is 0.492 e. The number of aryl methyl sites for hydroxylation is 1. The van der Waals surface area contributed by atoms with Gasteiger partial charge in [0.15, 0.2) is 0 Å². The predicted octanol–water partition coefficient (Wildman–Crippen LogP) is 3.14. The molecule has 0 fully saturated rings. The Morgan fingerprint density at radius 3 is 2.86 bits per heavy atom. The van der Waals surface area contributed by atoms with Crippen molar-refractivity contribution in [2.24, 2.45) is 0 Å². The van der Waals surface area contributed by atoms with E-state index < -0.39 is 0 Å². The third-order valence-corrected chi connectivity index (χ3v) is 3.41. The van der Waals surface area contributed by atoms with Crippen LogP contribution < -0.4 is 10.1 Å². The zero-order valence-corrected chi connectivity index (χ0v) is 13.0. The fourth-order valence-corrected chi connectivity index (χ4v) is 2.36. The van der Waals surface area contributed by atoms with Crippen molar-refractivity contribution in [3.05, 3.63) is 53.6 Å². The number of rotatable bonds is 7. The molecule has 1 N–H and O–H groups in total. The van der Waals surface area contributed by atoms with Crippen LogP contribution in [-0.4, -0.2) is 23.6 Å². The molecule has 0 aliphatic rings. The first-order valence-corrected chi connectivity index (χ1v) is 7.48. The summed E-state index contributed by atoms with van der Waals surface area (Å²) in [6.45, 7) is 4.94. The third kappa shape index (κ3) is 3.79. The fraction of sp³-hybridized carbons (Fsp3) is 0.412. The Labute approximate surface area is 126 Å². The molecule has 0 aromatic carbocycles. The van der Waals surface area contributed by atoms with Crippen molar-refractivity contribution in [1.29, 1.82) is 0 Å². The Morgan fingerprint density at radius 1 is 1.29 bits per heavy atom. The lowest BCUT2D eigenvalue weighted by Gasteiger charge is -2.19. The smallest absolute Gasteiger partial charge is 0.137 e. The Hall–Kier alpha value is -1.94. The van der Waals surface area contributed by atoms with Crippen LogP contribution in [0.1, 0.15) is 43.1 Å². The lowest BCUT2D eigenvalue weighted by Crippen LogP contribution is -2.20. The SMILES string of the molecule is CCCOc1cncc(C(NC)c2ncccc2CC)c1. The van der Waals surface area contributed by atoms with Gasteiger partial charge in [0.25, 0.3) is 0 Å². The lowest BCUT2D eigenvalue weighted by molar-refractivity contribution is 0.315. The van der Waals surface area contributed by atoms with Crippen molar-refractivity contribution in [2.45, 2.75) is 32.7 Å². The van der Waals surface area contributed by atoms with Crippen molar-refractivity contribution in [3.8, 4) is 5.75 Å². The van der Waals surface area contributed by atoms with Crippen LogP contribution in [-0.2, 0) is 6.42 Å². The predicted molar refractivity (Wildman–Crippen MR) is 84.5 cm³/mol. The second-order valence-corrected chi connectivity index (χ2v) is 4.93. The summed E-state index contributed by atoms with van der Waals surface area (Å²) >= 11 is 0. The van der Waals surface area contributed by atoms with Gasteiger partial charge in [-0.25, -0.2) is 0 Å². The van der Waals surface area contributed by atoms with Crippen molar-refractivity contribution >= 4 is 0 Å². The maximum absolute atomic E-state index is 5.67. The van der Waals surface area contributed by atoms with Gasteiger partial charge >= 0.3 is 0 Å². The molecule has 0 saturated carbocycles. The number of ether oxygens (including phenoxy) is 1. The summed E-state index contributed by atoms with van der Waals surface area (Å²) in [6, 6.07) is 6.17. The molecule has 21 heavy (non-hydrogen) atoms. The van der Waals surface area contributed by atoms with Crippen LogP contribution in [0.15, 0.2) is 36.8 Å². The first-order chi connectivity index (χ1) is 10.3. The van der Waals surface area contributed by atoms with Gasteiger partial charge in [-0.15, -0.1) is 0 Å². The zero-order chi connectivity index (χ0) is 15.1. The molecular weight excluding hydrogens is 262 g/mol. The van der Waals surface area contributed by atoms with Gasteiger partial charge in [-0.3, -0.25) is 9.97 Å². The van der Waals surface area contributed by atoms with E-state index in [-0.39, 0.29) is 6.04 Å². The molecule has 0 spiro atoms. The molecule has 0 saturated heterocycles. The highest BCUT2D eigenvalue weighted by Gasteiger charge is 2.17. The molecular formula is C17H23N3O. The molecule has 112 valence electrons. The maximum Gasteiger partial charge on any atom is 0.137 e. The van der Waals surface area contributed by atoms with E-state index in [2.05, 4.69) is 35.2 Å². The van der Waals surface area contributed by atoms with Crippen LogP contribution in [0.2, 0.25) is 0 Å². The Balaban J connectivity index is 2.32. The van der Waals surface area contributed by atoms with Crippen molar-refractivity contribution in [3.63, 3.8) is 0 Å². The van der Waals surface area contributed by atoms with E-state index >= 15 is 0 Å². The maximum atomic E-state index is 5.67. The molecule has 4 heteroatoms. The van der Waals surface area contributed by atoms with E-state index in [1.54, 1.807) is 6.20 Å². The molecule has 0 radical (unpaired) electrons. The van der Waals surface area contributed by atoms with Gasteiger partial charge in [-0.1, -0.05) is 19.9 Å². The van der Waals surface area contributed by atoms with E-state index in [0.29, 0.717) is 6.61 Å². The Morgan fingerprint density at radius 2 is 2.14 bits per heavy atom. The van der Waals surface area contributed by atoms with E-state index in [1.807, 2.05) is 31.6 Å². The summed E-state index contributed by atoms with van der Waals surface area (Å²) in [6.07, 6.45) is 7.41. The van der Waals surface area contributed by atoms with Gasteiger partial charge in [0, 0.05) is 12.4 Å². The van der Waals surface area contributed by atoms with Gasteiger partial charge in [0.1, 0.15) is 5.75 Å². The standard InChI is InChI=1S/C17H23N3O/c1-4-9-21-15-10-14(11-19-12-15)16(18-3)17-13(5-2)7-6-8-20-17/h6-8,10-12,16,18H,4-5,9H2,1-3H3. The van der Waals surface area contributed by atoms with E-state index in [4.69, 9.17) is 4.74 Å². The quantitative estimate of drug-likeness (QED) is 0.849. The highest BCUT2D eigenvalue weighted by Crippen LogP contribution is 2.25. The van der Waals surface area contributed by atoms with Crippen LogP contribution in [0, 0.1) is 0 Å². The van der Waals surface area contributed by atoms with Gasteiger partial charge < -0.3 is 10.1 Å². The highest BCUT2D eigenvalue weighted by molar-refractivity contribution is 5.34. The molecule has 1 atom stereocenters. The summed E-state index contributed by atoms with van der Waals surface area (Å²) in [4.78, 5) is 8.85. The van der Waals surface area contributed by atoms with Gasteiger partial charge in [0.2, 0.25) is 0 Å². The number of hydrogen-bond donors (Lipinski definition) is 1. The van der Waals surface area contributed by atoms with Crippen molar-refractivity contribution in [2.75, 3.05) is 13.7 Å². The van der Waals surface area contributed by atoms with Gasteiger partial charge in [-0.2, -0.15) is 0 Å². The normalized spacial score (nSPS) is 12.1. The van der Waals surface area contributed by atoms with E-state index in [0.717, 1.165) is 29.8 Å². The van der Waals surface area contributed by atoms with Crippen molar-refractivity contribution in [1.82, 2.24) is 15.3 Å². The molecule has 1 unspecified atom stereocenters. The van der Waals surface area contributed by atoms with Crippen molar-refractivity contribution < 1.29 is 4.74 Å². The second-order valence-electron chi connectivity index (χ2n) is 4.93. The molecule has 2 aromatic rings. The monoisotopic (exact) mass is 285 g/mol. The summed E-state index contributed by atoms with van der Waals surface area (Å²) in [7, 11) is 1.94. The minimum atomic E-state index is 0.0267. The number of nitrogens with one attached hydrogen (secondary N) is 1. The zero-order valence-electron chi connectivity index (χ0n) is 13.0. The first-order valence-electron chi connectivity index (χ1n) is 7.48. The summed E-state index contributed by atoms with van der Waals surface area (Å²) < 4.78 is 5.67. The Kier molecular flexibility index (Phi) is 5.69. The molecule has 0 aliphatic carbocycles. The molecule has 2 heterocycles. The molecule has 0 aliphatic heterocycles. The first kappa shape index (κ1) is 15.4. The number of aromatic nitrogens is 2. The highest BCUT2D eigenvalue weighted by atomic mass is 16.5. The van der Waals surface area contributed by atoms with Crippen LogP contribution in [0.5, 0.6) is 5.75 Å². The fourth-order valence-electron chi connectivity index (χ4n) is 2.36. The minimum absolute atomic E-state index is 0.0267. The lowest BCUT2D eigenvalue weighted by atomic mass is 9.99. The summed E-state index contributed by atoms with van der Waals surface area (Å²) in [5.74, 6) is 0.809. The minimum Gasteiger partial charge on any atom is -0.492 e. The molecule has 4 nitrogen and oxygen atoms in total. The molecule has 0 amide bonds. The van der Waals surface area contributed by atoms with Crippen LogP contribution in [0.4, 0.5) is 0 Å². The molecule has 2 aromatic heterocycles. The summed E-state index contributed by atoms with van der Waals surface area (Å²) in [5, 5.41) is 3.33. The van der Waals surface area contributed by atoms with Gasteiger partial charge in [-0.05, 0) is 43.1 Å². The van der Waals surface area contributed by atoms with E-state index in [1.165, 1.54) is 5.56 Å². The topological polar surface area (TPSA) is 47.0 Å². The van der Waals surface area contributed by atoms with Crippen LogP contribution in [0.3, 0.4) is 0 Å². The van der Waals surface area contributed by atoms with Crippen LogP contribution in [0.25, 0.3) is 0 Å². The average molecular weight is 285 g/mol. The number of hydrogen-bond acceptors (Lipinski definition) is 4. The van der Waals surface area contributed by atoms with E-state index in [9.17, 15) is 0 Å².